The van der Waals surface area contributed by atoms with Crippen LogP contribution in [0.4, 0.5) is 0 Å². The quantitative estimate of drug-likeness (QED) is 0.726. The monoisotopic (exact) mass is 345 g/mol. The number of nitrogens with two attached hydrogens (primary N) is 1. The Kier molecular flexibility index (Phi) is 4.32. The van der Waals surface area contributed by atoms with Gasteiger partial charge in [0.05, 0.1) is 4.90 Å². The smallest absolute Gasteiger partial charge is 0.251 e. The van der Waals surface area contributed by atoms with Crippen molar-refractivity contribution in [3.63, 3.8) is 0 Å². The Bertz CT molecular complexity index is 978. The number of nitrogens with one attached hydrogen (secondary N) is 1. The number of fused-ring (bicyclic) bond motifs is 1. The molecule has 0 aliphatic rings. The summed E-state index contributed by atoms with van der Waals surface area (Å²) in [6.07, 6.45) is 1.90. The lowest BCUT2D eigenvalue weighted by Gasteiger charge is -2.06. The van der Waals surface area contributed by atoms with Gasteiger partial charge in [0, 0.05) is 12.1 Å². The van der Waals surface area contributed by atoms with E-state index < -0.39 is 10.0 Å². The van der Waals surface area contributed by atoms with E-state index in [0.29, 0.717) is 29.6 Å². The van der Waals surface area contributed by atoms with E-state index in [1.54, 1.807) is 30.3 Å². The van der Waals surface area contributed by atoms with Crippen LogP contribution in [0, 0.1) is 0 Å². The van der Waals surface area contributed by atoms with Gasteiger partial charge in [-0.1, -0.05) is 12.1 Å². The molecule has 0 atom stereocenters. The average Bonchev–Trinajstić information content (AvgIpc) is 3.02. The molecule has 8 heteroatoms. The molecule has 1 aromatic heterocycles. The Morgan fingerprint density at radius 2 is 1.92 bits per heavy atom. The molecule has 3 N–H and O–H groups in total. The van der Waals surface area contributed by atoms with E-state index in [1.165, 1.54) is 18.5 Å². The van der Waals surface area contributed by atoms with Crippen molar-refractivity contribution in [1.82, 2.24) is 10.3 Å². The Labute approximate surface area is 138 Å². The van der Waals surface area contributed by atoms with Gasteiger partial charge < -0.3 is 9.73 Å². The first-order valence-corrected chi connectivity index (χ1v) is 8.71. The van der Waals surface area contributed by atoms with Crippen LogP contribution in [0.15, 0.2) is 58.2 Å². The number of hydrogen-bond donors (Lipinski definition) is 2. The van der Waals surface area contributed by atoms with Crippen LogP contribution < -0.4 is 10.5 Å². The molecule has 0 radical (unpaired) electrons. The molecule has 0 bridgehead atoms. The molecule has 0 aliphatic carbocycles. The van der Waals surface area contributed by atoms with E-state index in [4.69, 9.17) is 9.56 Å². The third kappa shape index (κ3) is 3.61. The topological polar surface area (TPSA) is 115 Å². The first kappa shape index (κ1) is 16.2. The number of sulfonamides is 1. The van der Waals surface area contributed by atoms with Crippen molar-refractivity contribution in [2.75, 3.05) is 6.54 Å². The standard InChI is InChI=1S/C16H15N3O4S/c17-24(21,22)13-4-1-11(2-5-13)7-8-18-16(20)12-3-6-14-15(9-12)23-10-19-14/h1-6,9-10H,7-8H2,(H,18,20)(H2,17,21,22). The van der Waals surface area contributed by atoms with Gasteiger partial charge in [-0.25, -0.2) is 18.5 Å². The van der Waals surface area contributed by atoms with Gasteiger partial charge in [-0.3, -0.25) is 4.79 Å². The molecule has 2 aromatic carbocycles. The highest BCUT2D eigenvalue weighted by molar-refractivity contribution is 7.89. The number of benzene rings is 2. The highest BCUT2D eigenvalue weighted by atomic mass is 32.2. The third-order valence-electron chi connectivity index (χ3n) is 3.54. The molecule has 1 amide bonds. The summed E-state index contributed by atoms with van der Waals surface area (Å²) in [7, 11) is -3.69. The summed E-state index contributed by atoms with van der Waals surface area (Å²) >= 11 is 0. The molecule has 1 heterocycles. The molecule has 0 aliphatic heterocycles. The van der Waals surface area contributed by atoms with Gasteiger partial charge in [0.15, 0.2) is 12.0 Å². The predicted octanol–water partition coefficient (Wildman–Crippen LogP) is 1.45. The van der Waals surface area contributed by atoms with Gasteiger partial charge >= 0.3 is 0 Å². The van der Waals surface area contributed by atoms with Crippen LogP contribution in [0.2, 0.25) is 0 Å². The number of carbonyl (C=O) groups is 1. The molecule has 3 rings (SSSR count). The van der Waals surface area contributed by atoms with Crippen molar-refractivity contribution in [1.29, 1.82) is 0 Å². The minimum absolute atomic E-state index is 0.0654. The summed E-state index contributed by atoms with van der Waals surface area (Å²) in [6.45, 7) is 0.419. The molecular weight excluding hydrogens is 330 g/mol. The Balaban J connectivity index is 1.58. The number of hydrogen-bond acceptors (Lipinski definition) is 5. The van der Waals surface area contributed by atoms with Crippen LogP contribution in [-0.2, 0) is 16.4 Å². The Morgan fingerprint density at radius 1 is 1.17 bits per heavy atom. The maximum Gasteiger partial charge on any atom is 0.251 e. The molecule has 0 spiro atoms. The zero-order valence-corrected chi connectivity index (χ0v) is 13.4. The van der Waals surface area contributed by atoms with E-state index in [2.05, 4.69) is 10.3 Å². The van der Waals surface area contributed by atoms with Crippen molar-refractivity contribution < 1.29 is 17.6 Å². The second kappa shape index (κ2) is 6.42. The lowest BCUT2D eigenvalue weighted by molar-refractivity contribution is 0.0954. The maximum atomic E-state index is 12.1. The number of oxazole rings is 1. The van der Waals surface area contributed by atoms with Gasteiger partial charge in [0.25, 0.3) is 5.91 Å². The van der Waals surface area contributed by atoms with Gasteiger partial charge in [0.1, 0.15) is 5.52 Å². The first-order chi connectivity index (χ1) is 11.4. The molecular formula is C16H15N3O4S. The van der Waals surface area contributed by atoms with Gasteiger partial charge in [-0.15, -0.1) is 0 Å². The fraction of sp³-hybridized carbons (Fsp3) is 0.125. The van der Waals surface area contributed by atoms with Crippen LogP contribution in [0.25, 0.3) is 11.1 Å². The first-order valence-electron chi connectivity index (χ1n) is 7.17. The van der Waals surface area contributed by atoms with E-state index >= 15 is 0 Å². The molecule has 0 fully saturated rings. The van der Waals surface area contributed by atoms with E-state index in [-0.39, 0.29) is 10.8 Å². The highest BCUT2D eigenvalue weighted by Crippen LogP contribution is 2.14. The van der Waals surface area contributed by atoms with Gasteiger partial charge in [0.2, 0.25) is 10.0 Å². The third-order valence-corrected chi connectivity index (χ3v) is 4.47. The van der Waals surface area contributed by atoms with Crippen molar-refractivity contribution >= 4 is 27.0 Å². The molecule has 24 heavy (non-hydrogen) atoms. The fourth-order valence-electron chi connectivity index (χ4n) is 2.26. The molecule has 124 valence electrons. The molecule has 7 nitrogen and oxygen atoms in total. The van der Waals surface area contributed by atoms with Gasteiger partial charge in [-0.2, -0.15) is 0 Å². The largest absolute Gasteiger partial charge is 0.443 e. The molecule has 0 unspecified atom stereocenters. The van der Waals surface area contributed by atoms with Crippen LogP contribution in [0.3, 0.4) is 0 Å². The highest BCUT2D eigenvalue weighted by Gasteiger charge is 2.09. The van der Waals surface area contributed by atoms with Crippen molar-refractivity contribution in [2.45, 2.75) is 11.3 Å². The van der Waals surface area contributed by atoms with Crippen LogP contribution in [0.1, 0.15) is 15.9 Å². The number of rotatable bonds is 5. The summed E-state index contributed by atoms with van der Waals surface area (Å²) in [6, 6.07) is 11.3. The summed E-state index contributed by atoms with van der Waals surface area (Å²) in [4.78, 5) is 16.2. The minimum atomic E-state index is -3.69. The summed E-state index contributed by atoms with van der Waals surface area (Å²) < 4.78 is 27.5. The average molecular weight is 345 g/mol. The SMILES string of the molecule is NS(=O)(=O)c1ccc(CCNC(=O)c2ccc3ncoc3c2)cc1. The molecule has 3 aromatic rings. The van der Waals surface area contributed by atoms with Crippen LogP contribution in [0.5, 0.6) is 0 Å². The summed E-state index contributed by atoms with van der Waals surface area (Å²) in [5.41, 5.74) is 2.64. The van der Waals surface area contributed by atoms with Crippen molar-refractivity contribution in [2.24, 2.45) is 5.14 Å². The van der Waals surface area contributed by atoms with Crippen LogP contribution in [-0.4, -0.2) is 25.9 Å². The zero-order chi connectivity index (χ0) is 17.2. The van der Waals surface area contributed by atoms with E-state index in [1.807, 2.05) is 0 Å². The van der Waals surface area contributed by atoms with E-state index in [9.17, 15) is 13.2 Å². The number of carbonyl (C=O) groups excluding carboxylic acids is 1. The van der Waals surface area contributed by atoms with Crippen LogP contribution >= 0.6 is 0 Å². The Morgan fingerprint density at radius 3 is 2.62 bits per heavy atom. The molecule has 0 saturated carbocycles. The number of amides is 1. The summed E-state index contributed by atoms with van der Waals surface area (Å²) in [5.74, 6) is -0.213. The number of aromatic nitrogens is 1. The van der Waals surface area contributed by atoms with E-state index in [0.717, 1.165) is 5.56 Å². The number of nitrogens with zero attached hydrogens (tertiary/aromatic N) is 1. The van der Waals surface area contributed by atoms with Crippen molar-refractivity contribution in [3.8, 4) is 0 Å². The lowest BCUT2D eigenvalue weighted by atomic mass is 10.1. The molecule has 0 saturated heterocycles. The maximum absolute atomic E-state index is 12.1. The normalized spacial score (nSPS) is 11.5. The Hall–Kier alpha value is -2.71. The fourth-order valence-corrected chi connectivity index (χ4v) is 2.78. The zero-order valence-electron chi connectivity index (χ0n) is 12.6. The van der Waals surface area contributed by atoms with Gasteiger partial charge in [-0.05, 0) is 42.3 Å². The lowest BCUT2D eigenvalue weighted by Crippen LogP contribution is -2.25. The second-order valence-corrected chi connectivity index (χ2v) is 6.79. The van der Waals surface area contributed by atoms with Crippen molar-refractivity contribution in [3.05, 3.63) is 60.0 Å². The second-order valence-electron chi connectivity index (χ2n) is 5.23. The minimum Gasteiger partial charge on any atom is -0.443 e. The summed E-state index contributed by atoms with van der Waals surface area (Å²) in [5, 5.41) is 7.85. The number of primary sulfonamides is 1. The predicted molar refractivity (Wildman–Crippen MR) is 87.9 cm³/mol.